The van der Waals surface area contributed by atoms with Gasteiger partial charge in [-0.15, -0.1) is 0 Å². The molecule has 36 heavy (non-hydrogen) atoms. The quantitative estimate of drug-likeness (QED) is 0.244. The standard InChI is InChI=1S/C22H24BrClN6O6/c1-10-7-26-22(27-8-10)30-16-2-11(3-17(31)29-16)21(36)25-9-18(32)28-15(6-19(33)34)13-4-12(24)5-14(23)20(13)35/h2-5,10,15,35H,6-9H2,1H3,(H,25,36)(H,28,32)(H,33,34)(H3,26,27,29,30,31)/t15-/m0/s1. The van der Waals surface area contributed by atoms with Gasteiger partial charge in [0.25, 0.3) is 5.91 Å². The summed E-state index contributed by atoms with van der Waals surface area (Å²) in [6, 6.07) is 4.11. The zero-order valence-electron chi connectivity index (χ0n) is 19.0. The topological polar surface area (TPSA) is 185 Å². The van der Waals surface area contributed by atoms with Crippen molar-refractivity contribution in [3.8, 4) is 5.75 Å². The molecular weight excluding hydrogens is 560 g/mol. The lowest BCUT2D eigenvalue weighted by molar-refractivity contribution is -0.137. The fourth-order valence-electron chi connectivity index (χ4n) is 3.36. The van der Waals surface area contributed by atoms with Crippen LogP contribution in [0.5, 0.6) is 5.75 Å². The molecule has 2 aromatic rings. The first-order valence-electron chi connectivity index (χ1n) is 10.8. The molecule has 1 unspecified atom stereocenters. The maximum Gasteiger partial charge on any atom is 0.305 e. The molecular formula is C22H24BrClN6O6. The molecule has 1 aliphatic rings. The van der Waals surface area contributed by atoms with Gasteiger partial charge in [-0.3, -0.25) is 24.2 Å². The van der Waals surface area contributed by atoms with Crippen LogP contribution in [-0.2, 0) is 9.59 Å². The number of phenolic OH excluding ortho intramolecular Hbond substituents is 1. The van der Waals surface area contributed by atoms with Gasteiger partial charge < -0.3 is 36.5 Å². The summed E-state index contributed by atoms with van der Waals surface area (Å²) in [4.78, 5) is 55.3. The summed E-state index contributed by atoms with van der Waals surface area (Å²) in [5.41, 5.74) is -0.448. The number of hydrogen-bond donors (Lipinski definition) is 7. The first kappa shape index (κ1) is 27.0. The van der Waals surface area contributed by atoms with Crippen molar-refractivity contribution < 1.29 is 24.6 Å². The van der Waals surface area contributed by atoms with Gasteiger partial charge >= 0.3 is 5.97 Å². The number of nitrogens with zero attached hydrogens (tertiary/aromatic N) is 1. The molecule has 0 fully saturated rings. The second kappa shape index (κ2) is 11.9. The highest BCUT2D eigenvalue weighted by molar-refractivity contribution is 9.10. The molecule has 7 N–H and O–H groups in total. The number of aliphatic imine (C=N–C) groups is 1. The van der Waals surface area contributed by atoms with E-state index in [1.165, 1.54) is 18.2 Å². The number of carboxylic acid groups (broad SMARTS) is 1. The van der Waals surface area contributed by atoms with Gasteiger partial charge in [-0.25, -0.2) is 0 Å². The van der Waals surface area contributed by atoms with Gasteiger partial charge in [0.15, 0.2) is 5.96 Å². The van der Waals surface area contributed by atoms with E-state index >= 15 is 0 Å². The number of phenols is 1. The van der Waals surface area contributed by atoms with E-state index in [4.69, 9.17) is 11.6 Å². The molecule has 0 radical (unpaired) electrons. The molecule has 1 aliphatic heterocycles. The molecule has 0 saturated carbocycles. The van der Waals surface area contributed by atoms with Crippen LogP contribution < -0.4 is 26.8 Å². The Morgan fingerprint density at radius 1 is 1.28 bits per heavy atom. The van der Waals surface area contributed by atoms with E-state index in [1.54, 1.807) is 0 Å². The van der Waals surface area contributed by atoms with E-state index in [1.807, 2.05) is 6.92 Å². The van der Waals surface area contributed by atoms with Crippen molar-refractivity contribution in [2.24, 2.45) is 10.9 Å². The maximum absolute atomic E-state index is 12.6. The van der Waals surface area contributed by atoms with Gasteiger partial charge in [0.05, 0.1) is 23.5 Å². The van der Waals surface area contributed by atoms with Crippen molar-refractivity contribution in [2.75, 3.05) is 25.0 Å². The van der Waals surface area contributed by atoms with Gasteiger partial charge in [-0.05, 0) is 40.0 Å². The van der Waals surface area contributed by atoms with E-state index in [2.05, 4.69) is 47.2 Å². The molecule has 2 heterocycles. The first-order chi connectivity index (χ1) is 17.0. The Bertz CT molecular complexity index is 1270. The summed E-state index contributed by atoms with van der Waals surface area (Å²) in [5, 5.41) is 30.6. The Labute approximate surface area is 218 Å². The van der Waals surface area contributed by atoms with Crippen LogP contribution in [0.25, 0.3) is 0 Å². The van der Waals surface area contributed by atoms with Crippen molar-refractivity contribution in [2.45, 2.75) is 19.4 Å². The number of guanidine groups is 1. The fourth-order valence-corrected chi connectivity index (χ4v) is 4.20. The Kier molecular flexibility index (Phi) is 8.93. The minimum Gasteiger partial charge on any atom is -0.506 e. The lowest BCUT2D eigenvalue weighted by Gasteiger charge is -2.20. The SMILES string of the molecule is CC1CN=C(Nc2cc(C(=O)NCC(=O)N[C@@H](CC(=O)O)c3cc(Cl)cc(Br)c3O)cc(=O)[nH]2)NC1. The van der Waals surface area contributed by atoms with Crippen molar-refractivity contribution in [1.82, 2.24) is 20.9 Å². The van der Waals surface area contributed by atoms with Crippen LogP contribution >= 0.6 is 27.5 Å². The third-order valence-electron chi connectivity index (χ3n) is 5.10. The second-order valence-corrected chi connectivity index (χ2v) is 9.46. The highest BCUT2D eigenvalue weighted by Gasteiger charge is 2.23. The van der Waals surface area contributed by atoms with Crippen LogP contribution in [0.3, 0.4) is 0 Å². The van der Waals surface area contributed by atoms with E-state index in [0.29, 0.717) is 25.0 Å². The van der Waals surface area contributed by atoms with Crippen LogP contribution in [0.2, 0.25) is 5.02 Å². The largest absolute Gasteiger partial charge is 0.506 e. The fraction of sp³-hybridized carbons (Fsp3) is 0.318. The Balaban J connectivity index is 1.66. The van der Waals surface area contributed by atoms with Crippen molar-refractivity contribution >= 4 is 57.1 Å². The molecule has 2 amide bonds. The van der Waals surface area contributed by atoms with Crippen LogP contribution in [0.1, 0.15) is 35.3 Å². The van der Waals surface area contributed by atoms with Gasteiger partial charge in [-0.1, -0.05) is 18.5 Å². The van der Waals surface area contributed by atoms with Crippen LogP contribution in [-0.4, -0.2) is 58.6 Å². The average Bonchev–Trinajstić information content (AvgIpc) is 2.80. The van der Waals surface area contributed by atoms with Crippen molar-refractivity contribution in [3.05, 3.63) is 55.2 Å². The van der Waals surface area contributed by atoms with E-state index in [9.17, 15) is 29.4 Å². The van der Waals surface area contributed by atoms with Crippen molar-refractivity contribution in [1.29, 1.82) is 0 Å². The molecule has 192 valence electrons. The number of benzene rings is 1. The molecule has 0 saturated heterocycles. The zero-order valence-corrected chi connectivity index (χ0v) is 21.4. The number of carbonyl (C=O) groups excluding carboxylic acids is 2. The van der Waals surface area contributed by atoms with E-state index in [0.717, 1.165) is 6.07 Å². The molecule has 0 spiro atoms. The van der Waals surface area contributed by atoms with Gasteiger partial charge in [0.1, 0.15) is 11.6 Å². The molecule has 1 aromatic heterocycles. The predicted octanol–water partition coefficient (Wildman–Crippen LogP) is 1.57. The lowest BCUT2D eigenvalue weighted by Crippen LogP contribution is -2.40. The lowest BCUT2D eigenvalue weighted by atomic mass is 10.0. The predicted molar refractivity (Wildman–Crippen MR) is 136 cm³/mol. The van der Waals surface area contributed by atoms with Gasteiger partial charge in [0.2, 0.25) is 11.5 Å². The monoisotopic (exact) mass is 582 g/mol. The molecule has 0 aliphatic carbocycles. The van der Waals surface area contributed by atoms with E-state index < -0.39 is 42.4 Å². The highest BCUT2D eigenvalue weighted by atomic mass is 79.9. The second-order valence-electron chi connectivity index (χ2n) is 8.17. The molecule has 2 atom stereocenters. The summed E-state index contributed by atoms with van der Waals surface area (Å²) in [6.07, 6.45) is -0.542. The first-order valence-corrected chi connectivity index (χ1v) is 12.0. The zero-order chi connectivity index (χ0) is 26.4. The van der Waals surface area contributed by atoms with E-state index in [-0.39, 0.29) is 32.2 Å². The number of H-pyrrole nitrogens is 1. The normalized spacial score (nSPS) is 15.8. The average molecular weight is 584 g/mol. The molecule has 0 bridgehead atoms. The number of amides is 2. The highest BCUT2D eigenvalue weighted by Crippen LogP contribution is 2.36. The minimum atomic E-state index is -1.23. The number of carboxylic acids is 1. The molecule has 14 heteroatoms. The Hall–Kier alpha value is -3.58. The summed E-state index contributed by atoms with van der Waals surface area (Å²) in [7, 11) is 0. The third kappa shape index (κ3) is 7.46. The van der Waals surface area contributed by atoms with Gasteiger partial charge in [0, 0.05) is 35.3 Å². The smallest absolute Gasteiger partial charge is 0.305 e. The number of pyridine rings is 1. The van der Waals surface area contributed by atoms with Crippen LogP contribution in [0, 0.1) is 5.92 Å². The molecule has 12 nitrogen and oxygen atoms in total. The summed E-state index contributed by atoms with van der Waals surface area (Å²) in [5.74, 6) is -1.85. The van der Waals surface area contributed by atoms with Crippen molar-refractivity contribution in [3.63, 3.8) is 0 Å². The minimum absolute atomic E-state index is 0.00247. The Morgan fingerprint density at radius 2 is 2.03 bits per heavy atom. The third-order valence-corrected chi connectivity index (χ3v) is 5.92. The van der Waals surface area contributed by atoms with Crippen LogP contribution in [0.15, 0.2) is 38.5 Å². The number of aliphatic carboxylic acids is 1. The number of halogens is 2. The number of anilines is 1. The molecule has 1 aromatic carbocycles. The number of rotatable bonds is 8. The van der Waals surface area contributed by atoms with Crippen LogP contribution in [0.4, 0.5) is 5.82 Å². The summed E-state index contributed by atoms with van der Waals surface area (Å²) >= 11 is 9.12. The summed E-state index contributed by atoms with van der Waals surface area (Å²) in [6.45, 7) is 2.84. The summed E-state index contributed by atoms with van der Waals surface area (Å²) < 4.78 is 0.227. The number of aromatic hydroxyl groups is 1. The number of nitrogens with one attached hydrogen (secondary N) is 5. The number of aromatic nitrogens is 1. The number of hydrogen-bond acceptors (Lipinski definition) is 8. The molecule has 3 rings (SSSR count). The van der Waals surface area contributed by atoms with Gasteiger partial charge in [-0.2, -0.15) is 0 Å². The number of carbonyl (C=O) groups is 3. The number of aromatic amines is 1. The Morgan fingerprint density at radius 3 is 2.69 bits per heavy atom. The maximum atomic E-state index is 12.6.